The van der Waals surface area contributed by atoms with Gasteiger partial charge in [0.05, 0.1) is 5.70 Å². The van der Waals surface area contributed by atoms with Crippen LogP contribution in [0.2, 0.25) is 0 Å². The summed E-state index contributed by atoms with van der Waals surface area (Å²) in [7, 11) is 0. The third-order valence-corrected chi connectivity index (χ3v) is 0.749. The zero-order valence-corrected chi connectivity index (χ0v) is 3.76. The average molecular weight is 98.1 g/mol. The van der Waals surface area contributed by atoms with Crippen molar-refractivity contribution in [2.75, 3.05) is 6.54 Å². The highest BCUT2D eigenvalue weighted by molar-refractivity contribution is 5.10. The van der Waals surface area contributed by atoms with E-state index in [9.17, 15) is 0 Å². The molecule has 0 aromatic rings. The summed E-state index contributed by atoms with van der Waals surface area (Å²) in [5.74, 6) is 0.361. The molecule has 0 bridgehead atoms. The maximum absolute atomic E-state index is 5.25. The van der Waals surface area contributed by atoms with Gasteiger partial charge in [0.15, 0.2) is 5.82 Å². The molecule has 1 rings (SSSR count). The van der Waals surface area contributed by atoms with Gasteiger partial charge in [-0.1, -0.05) is 0 Å². The maximum atomic E-state index is 5.25. The van der Waals surface area contributed by atoms with E-state index in [0.717, 1.165) is 0 Å². The highest BCUT2D eigenvalue weighted by atomic mass is 15.2. The monoisotopic (exact) mass is 98.1 g/mol. The van der Waals surface area contributed by atoms with Gasteiger partial charge < -0.3 is 11.5 Å². The molecule has 0 saturated carbocycles. The Morgan fingerprint density at radius 1 is 1.43 bits per heavy atom. The van der Waals surface area contributed by atoms with Crippen molar-refractivity contribution >= 4 is 0 Å². The highest BCUT2D eigenvalue weighted by Crippen LogP contribution is 2.01. The minimum atomic E-state index is 0.361. The van der Waals surface area contributed by atoms with Crippen LogP contribution in [0.3, 0.4) is 0 Å². The molecular weight excluding hydrogens is 92.1 g/mol. The first kappa shape index (κ1) is 4.11. The van der Waals surface area contributed by atoms with Crippen molar-refractivity contribution in [3.8, 4) is 0 Å². The standard InChI is InChI=1S/C3H6N4/c4-2-1-6-7-3(2)5/h1,4-5H2. The van der Waals surface area contributed by atoms with E-state index in [2.05, 4.69) is 10.2 Å². The predicted octanol–water partition coefficient (Wildman–Crippen LogP) is -0.461. The molecule has 7 heavy (non-hydrogen) atoms. The molecule has 0 atom stereocenters. The number of nitrogens with zero attached hydrogens (tertiary/aromatic N) is 2. The Labute approximate surface area is 40.9 Å². The van der Waals surface area contributed by atoms with Crippen LogP contribution in [0.15, 0.2) is 21.7 Å². The molecule has 0 amide bonds. The number of azo groups is 1. The fourth-order valence-corrected chi connectivity index (χ4v) is 0.333. The SMILES string of the molecule is NC1=C(N)N=NC1. The number of hydrogen-bond acceptors (Lipinski definition) is 4. The first-order valence-electron chi connectivity index (χ1n) is 1.92. The lowest BCUT2D eigenvalue weighted by atomic mass is 10.5. The van der Waals surface area contributed by atoms with Gasteiger partial charge in [-0.3, -0.25) is 0 Å². The topological polar surface area (TPSA) is 76.8 Å². The van der Waals surface area contributed by atoms with Gasteiger partial charge in [0, 0.05) is 0 Å². The molecule has 4 N–H and O–H groups in total. The molecule has 0 aromatic carbocycles. The largest absolute Gasteiger partial charge is 0.397 e. The Hall–Kier alpha value is -1.06. The van der Waals surface area contributed by atoms with Crippen LogP contribution in [0.4, 0.5) is 0 Å². The van der Waals surface area contributed by atoms with Crippen LogP contribution < -0.4 is 11.5 Å². The summed E-state index contributed by atoms with van der Waals surface area (Å²) in [6.45, 7) is 0.464. The van der Waals surface area contributed by atoms with Crippen molar-refractivity contribution < 1.29 is 0 Å². The Balaban J connectivity index is 2.79. The van der Waals surface area contributed by atoms with E-state index in [1.165, 1.54) is 0 Å². The van der Waals surface area contributed by atoms with E-state index in [4.69, 9.17) is 11.5 Å². The Morgan fingerprint density at radius 2 is 2.14 bits per heavy atom. The Bertz CT molecular complexity index is 134. The first-order chi connectivity index (χ1) is 3.30. The fraction of sp³-hybridized carbons (Fsp3) is 0.333. The molecule has 0 aromatic heterocycles. The van der Waals surface area contributed by atoms with Crippen molar-refractivity contribution in [2.24, 2.45) is 21.7 Å². The number of nitrogens with two attached hydrogens (primary N) is 2. The minimum absolute atomic E-state index is 0.361. The zero-order chi connectivity index (χ0) is 5.28. The molecule has 38 valence electrons. The van der Waals surface area contributed by atoms with Crippen LogP contribution in [-0.2, 0) is 0 Å². The van der Waals surface area contributed by atoms with Crippen molar-refractivity contribution in [3.63, 3.8) is 0 Å². The van der Waals surface area contributed by atoms with E-state index in [0.29, 0.717) is 18.1 Å². The molecule has 0 radical (unpaired) electrons. The molecule has 1 aliphatic rings. The van der Waals surface area contributed by atoms with Gasteiger partial charge in [-0.25, -0.2) is 0 Å². The van der Waals surface area contributed by atoms with Gasteiger partial charge in [-0.05, 0) is 0 Å². The molecule has 0 spiro atoms. The van der Waals surface area contributed by atoms with Crippen LogP contribution in [-0.4, -0.2) is 6.54 Å². The third-order valence-electron chi connectivity index (χ3n) is 0.749. The Morgan fingerprint density at radius 3 is 2.29 bits per heavy atom. The summed E-state index contributed by atoms with van der Waals surface area (Å²) < 4.78 is 0. The number of rotatable bonds is 0. The molecule has 0 fully saturated rings. The molecule has 0 unspecified atom stereocenters. The van der Waals surface area contributed by atoms with E-state index in [1.807, 2.05) is 0 Å². The van der Waals surface area contributed by atoms with Crippen LogP contribution in [0.5, 0.6) is 0 Å². The second kappa shape index (κ2) is 1.22. The maximum Gasteiger partial charge on any atom is 0.166 e. The summed E-state index contributed by atoms with van der Waals surface area (Å²) >= 11 is 0. The second-order valence-electron chi connectivity index (χ2n) is 1.31. The summed E-state index contributed by atoms with van der Waals surface area (Å²) in [6, 6.07) is 0. The fourth-order valence-electron chi connectivity index (χ4n) is 0.333. The predicted molar refractivity (Wildman–Crippen MR) is 25.1 cm³/mol. The molecular formula is C3H6N4. The zero-order valence-electron chi connectivity index (χ0n) is 3.76. The first-order valence-corrected chi connectivity index (χ1v) is 1.92. The van der Waals surface area contributed by atoms with Crippen LogP contribution in [0, 0.1) is 0 Å². The van der Waals surface area contributed by atoms with E-state index in [1.54, 1.807) is 0 Å². The smallest absolute Gasteiger partial charge is 0.166 e. The highest BCUT2D eigenvalue weighted by Gasteiger charge is 2.01. The normalized spacial score (nSPS) is 18.9. The van der Waals surface area contributed by atoms with Crippen molar-refractivity contribution in [1.82, 2.24) is 0 Å². The van der Waals surface area contributed by atoms with Gasteiger partial charge in [0.2, 0.25) is 0 Å². The van der Waals surface area contributed by atoms with Gasteiger partial charge in [0.1, 0.15) is 6.54 Å². The van der Waals surface area contributed by atoms with Crippen LogP contribution in [0.1, 0.15) is 0 Å². The van der Waals surface area contributed by atoms with Gasteiger partial charge in [-0.15, -0.1) is 5.11 Å². The lowest BCUT2D eigenvalue weighted by Gasteiger charge is -1.84. The molecule has 4 heteroatoms. The van der Waals surface area contributed by atoms with Crippen LogP contribution in [0.25, 0.3) is 0 Å². The Kier molecular flexibility index (Phi) is 0.714. The minimum Gasteiger partial charge on any atom is -0.397 e. The molecule has 1 aliphatic heterocycles. The molecule has 1 heterocycles. The molecule has 4 nitrogen and oxygen atoms in total. The summed E-state index contributed by atoms with van der Waals surface area (Å²) in [5.41, 5.74) is 11.0. The third kappa shape index (κ3) is 0.534. The quantitative estimate of drug-likeness (QED) is 0.430. The second-order valence-corrected chi connectivity index (χ2v) is 1.31. The summed E-state index contributed by atoms with van der Waals surface area (Å²) in [6.07, 6.45) is 0. The van der Waals surface area contributed by atoms with Crippen molar-refractivity contribution in [3.05, 3.63) is 11.5 Å². The van der Waals surface area contributed by atoms with E-state index < -0.39 is 0 Å². The average Bonchev–Trinajstić information content (AvgIpc) is 1.91. The van der Waals surface area contributed by atoms with E-state index >= 15 is 0 Å². The van der Waals surface area contributed by atoms with Gasteiger partial charge in [-0.2, -0.15) is 5.11 Å². The molecule has 0 saturated heterocycles. The van der Waals surface area contributed by atoms with Crippen molar-refractivity contribution in [1.29, 1.82) is 0 Å². The lowest BCUT2D eigenvalue weighted by Crippen LogP contribution is -2.05. The summed E-state index contributed by atoms with van der Waals surface area (Å²) in [4.78, 5) is 0. The van der Waals surface area contributed by atoms with Gasteiger partial charge in [0.25, 0.3) is 0 Å². The van der Waals surface area contributed by atoms with E-state index in [-0.39, 0.29) is 0 Å². The number of hydrogen-bond donors (Lipinski definition) is 2. The summed E-state index contributed by atoms with van der Waals surface area (Å²) in [5, 5.41) is 7.02. The van der Waals surface area contributed by atoms with Gasteiger partial charge >= 0.3 is 0 Å². The lowest BCUT2D eigenvalue weighted by molar-refractivity contribution is 1.08. The molecule has 0 aliphatic carbocycles. The van der Waals surface area contributed by atoms with Crippen molar-refractivity contribution in [2.45, 2.75) is 0 Å². The van der Waals surface area contributed by atoms with Crippen LogP contribution >= 0.6 is 0 Å².